The summed E-state index contributed by atoms with van der Waals surface area (Å²) in [6.45, 7) is 0. The predicted octanol–water partition coefficient (Wildman–Crippen LogP) is 3.10. The van der Waals surface area contributed by atoms with E-state index >= 15 is 0 Å². The first-order chi connectivity index (χ1) is 10.1. The summed E-state index contributed by atoms with van der Waals surface area (Å²) >= 11 is 12.3. The van der Waals surface area contributed by atoms with E-state index in [4.69, 9.17) is 23.2 Å². The van der Waals surface area contributed by atoms with Gasteiger partial charge in [-0.2, -0.15) is 0 Å². The third kappa shape index (κ3) is 1.91. The number of nitrogens with zero attached hydrogens (tertiary/aromatic N) is 2. The van der Waals surface area contributed by atoms with Gasteiger partial charge in [0.05, 0.1) is 37.7 Å². The predicted molar refractivity (Wildman–Crippen MR) is 81.8 cm³/mol. The Morgan fingerprint density at radius 2 is 1.57 bits per heavy atom. The van der Waals surface area contributed by atoms with Crippen LogP contribution in [0.4, 0.5) is 0 Å². The molecule has 0 aliphatic heterocycles. The van der Waals surface area contributed by atoms with Gasteiger partial charge in [0, 0.05) is 12.4 Å². The lowest BCUT2D eigenvalue weighted by Crippen LogP contribution is -1.99. The number of halogens is 2. The normalized spacial score (nSPS) is 11.5. The molecule has 3 N–H and O–H groups in total. The van der Waals surface area contributed by atoms with Gasteiger partial charge in [-0.1, -0.05) is 23.2 Å². The van der Waals surface area contributed by atoms with Crippen LogP contribution >= 0.6 is 23.2 Å². The Bertz CT molecular complexity index is 972. The maximum absolute atomic E-state index is 11.3. The summed E-state index contributed by atoms with van der Waals surface area (Å²) in [6, 6.07) is 3.59. The fraction of sp³-hybridized carbons (Fsp3) is 0. The second kappa shape index (κ2) is 4.34. The van der Waals surface area contributed by atoms with Crippen LogP contribution in [0, 0.1) is 0 Å². The first kappa shape index (κ1) is 12.4. The second-order valence-electron chi connectivity index (χ2n) is 4.56. The number of hydrogen-bond donors (Lipinski definition) is 3. The molecule has 21 heavy (non-hydrogen) atoms. The number of pyridine rings is 1. The average Bonchev–Trinajstić information content (AvgIpc) is 2.96. The number of benzene rings is 1. The van der Waals surface area contributed by atoms with Gasteiger partial charge in [-0.05, 0) is 12.1 Å². The molecule has 0 radical (unpaired) electrons. The van der Waals surface area contributed by atoms with Crippen molar-refractivity contribution in [1.29, 1.82) is 0 Å². The third-order valence-electron chi connectivity index (χ3n) is 3.21. The highest BCUT2D eigenvalue weighted by Crippen LogP contribution is 2.33. The molecule has 0 aliphatic carbocycles. The summed E-state index contributed by atoms with van der Waals surface area (Å²) < 4.78 is 0. The second-order valence-corrected chi connectivity index (χ2v) is 5.37. The smallest absolute Gasteiger partial charge is 0.323 e. The summed E-state index contributed by atoms with van der Waals surface area (Å²) in [5, 5.41) is 0.834. The fourth-order valence-corrected chi connectivity index (χ4v) is 2.84. The zero-order valence-electron chi connectivity index (χ0n) is 10.4. The number of imidazole rings is 2. The SMILES string of the molecule is O=c1[nH]c2cc3nc(-c4c(Cl)cncc4Cl)[nH]c3cc2[nH]1. The van der Waals surface area contributed by atoms with Crippen molar-refractivity contribution in [3.8, 4) is 11.4 Å². The lowest BCUT2D eigenvalue weighted by atomic mass is 10.2. The van der Waals surface area contributed by atoms with Crippen molar-refractivity contribution in [2.75, 3.05) is 0 Å². The molecule has 0 amide bonds. The van der Waals surface area contributed by atoms with E-state index < -0.39 is 0 Å². The lowest BCUT2D eigenvalue weighted by molar-refractivity contribution is 1.21. The molecule has 3 heterocycles. The van der Waals surface area contributed by atoms with E-state index in [0.29, 0.717) is 38.0 Å². The maximum Gasteiger partial charge on any atom is 0.323 e. The molecule has 8 heteroatoms. The van der Waals surface area contributed by atoms with Gasteiger partial charge in [0.15, 0.2) is 0 Å². The standard InChI is InChI=1S/C13H7Cl2N5O/c14-5-3-16-4-6(15)11(5)12-17-7-1-9-10(2-8(7)18-12)20-13(21)19-9/h1-4H,(H,17,18)(H2,19,20,21). The maximum atomic E-state index is 11.3. The molecule has 0 saturated carbocycles. The minimum atomic E-state index is -0.252. The molecule has 0 atom stereocenters. The van der Waals surface area contributed by atoms with Crippen molar-refractivity contribution in [2.45, 2.75) is 0 Å². The van der Waals surface area contributed by atoms with Crippen LogP contribution in [0.2, 0.25) is 10.0 Å². The summed E-state index contributed by atoms with van der Waals surface area (Å²) in [7, 11) is 0. The monoisotopic (exact) mass is 319 g/mol. The Labute approximate surface area is 127 Å². The van der Waals surface area contributed by atoms with Gasteiger partial charge >= 0.3 is 5.69 Å². The number of rotatable bonds is 1. The number of aromatic nitrogens is 5. The highest BCUT2D eigenvalue weighted by Gasteiger charge is 2.14. The van der Waals surface area contributed by atoms with Crippen molar-refractivity contribution in [3.05, 3.63) is 45.1 Å². The lowest BCUT2D eigenvalue weighted by Gasteiger charge is -2.01. The van der Waals surface area contributed by atoms with Crippen molar-refractivity contribution >= 4 is 45.3 Å². The molecule has 3 aromatic heterocycles. The van der Waals surface area contributed by atoms with Gasteiger partial charge < -0.3 is 15.0 Å². The zero-order valence-corrected chi connectivity index (χ0v) is 11.9. The summed E-state index contributed by atoms with van der Waals surface area (Å²) in [5.74, 6) is 0.553. The fourth-order valence-electron chi connectivity index (χ4n) is 2.30. The van der Waals surface area contributed by atoms with Crippen LogP contribution in [0.5, 0.6) is 0 Å². The van der Waals surface area contributed by atoms with Gasteiger partial charge in [0.25, 0.3) is 0 Å². The summed E-state index contributed by atoms with van der Waals surface area (Å²) in [5.41, 5.74) is 3.22. The molecule has 0 aliphatic rings. The molecule has 4 rings (SSSR count). The number of aromatic amines is 3. The van der Waals surface area contributed by atoms with Gasteiger partial charge in [0.2, 0.25) is 0 Å². The average molecular weight is 320 g/mol. The van der Waals surface area contributed by atoms with E-state index in [9.17, 15) is 4.79 Å². The Balaban J connectivity index is 2.00. The Hall–Kier alpha value is -2.31. The minimum Gasteiger partial charge on any atom is -0.338 e. The number of fused-ring (bicyclic) bond motifs is 2. The topological polar surface area (TPSA) is 90.2 Å². The Morgan fingerprint density at radius 3 is 2.29 bits per heavy atom. The van der Waals surface area contributed by atoms with Crippen molar-refractivity contribution in [2.24, 2.45) is 0 Å². The van der Waals surface area contributed by atoms with Crippen LogP contribution in [0.3, 0.4) is 0 Å². The van der Waals surface area contributed by atoms with Gasteiger partial charge in [-0.3, -0.25) is 4.98 Å². The number of hydrogen-bond acceptors (Lipinski definition) is 3. The summed E-state index contributed by atoms with van der Waals surface area (Å²) in [4.78, 5) is 28.2. The molecule has 1 aromatic carbocycles. The number of nitrogens with one attached hydrogen (secondary N) is 3. The van der Waals surface area contributed by atoms with Gasteiger partial charge in [-0.25, -0.2) is 9.78 Å². The molecule has 6 nitrogen and oxygen atoms in total. The molecule has 104 valence electrons. The van der Waals surface area contributed by atoms with Crippen molar-refractivity contribution in [1.82, 2.24) is 24.9 Å². The molecule has 0 fully saturated rings. The summed E-state index contributed by atoms with van der Waals surface area (Å²) in [6.07, 6.45) is 3.02. The van der Waals surface area contributed by atoms with Gasteiger partial charge in [-0.15, -0.1) is 0 Å². The molecular weight excluding hydrogens is 313 g/mol. The zero-order chi connectivity index (χ0) is 14.6. The van der Waals surface area contributed by atoms with E-state index in [2.05, 4.69) is 24.9 Å². The highest BCUT2D eigenvalue weighted by molar-refractivity contribution is 6.38. The highest BCUT2D eigenvalue weighted by atomic mass is 35.5. The number of H-pyrrole nitrogens is 3. The molecule has 0 saturated heterocycles. The minimum absolute atomic E-state index is 0.252. The molecule has 4 aromatic rings. The van der Waals surface area contributed by atoms with Gasteiger partial charge in [0.1, 0.15) is 5.82 Å². The molecule has 0 spiro atoms. The van der Waals surface area contributed by atoms with Crippen LogP contribution in [0.15, 0.2) is 29.3 Å². The van der Waals surface area contributed by atoms with E-state index in [1.165, 1.54) is 12.4 Å². The van der Waals surface area contributed by atoms with Crippen molar-refractivity contribution in [3.63, 3.8) is 0 Å². The molecule has 0 unspecified atom stereocenters. The Kier molecular flexibility index (Phi) is 2.57. The van der Waals surface area contributed by atoms with Crippen LogP contribution in [-0.2, 0) is 0 Å². The largest absolute Gasteiger partial charge is 0.338 e. The first-order valence-corrected chi connectivity index (χ1v) is 6.78. The molecular formula is C13H7Cl2N5O. The van der Waals surface area contributed by atoms with E-state index in [1.807, 2.05) is 6.07 Å². The van der Waals surface area contributed by atoms with Crippen LogP contribution in [0.1, 0.15) is 0 Å². The van der Waals surface area contributed by atoms with Crippen LogP contribution in [-0.4, -0.2) is 24.9 Å². The quantitative estimate of drug-likeness (QED) is 0.503. The van der Waals surface area contributed by atoms with E-state index in [0.717, 1.165) is 5.52 Å². The van der Waals surface area contributed by atoms with Crippen LogP contribution in [0.25, 0.3) is 33.5 Å². The van der Waals surface area contributed by atoms with Crippen molar-refractivity contribution < 1.29 is 0 Å². The third-order valence-corrected chi connectivity index (χ3v) is 3.78. The van der Waals surface area contributed by atoms with Crippen LogP contribution < -0.4 is 5.69 Å². The Morgan fingerprint density at radius 1 is 0.905 bits per heavy atom. The molecule has 0 bridgehead atoms. The first-order valence-electron chi connectivity index (χ1n) is 6.03. The van der Waals surface area contributed by atoms with E-state index in [1.54, 1.807) is 6.07 Å². The van der Waals surface area contributed by atoms with E-state index in [-0.39, 0.29) is 5.69 Å².